The van der Waals surface area contributed by atoms with Crippen molar-refractivity contribution in [3.8, 4) is 17.0 Å². The second kappa shape index (κ2) is 10.7. The van der Waals surface area contributed by atoms with E-state index in [1.807, 2.05) is 5.38 Å². The fourth-order valence-electron chi connectivity index (χ4n) is 2.55. The predicted molar refractivity (Wildman–Crippen MR) is 103 cm³/mol. The number of nitrogens with zero attached hydrogens (tertiary/aromatic N) is 2. The number of aromatic nitrogens is 1. The molecular weight excluding hydrogens is 400 g/mol. The van der Waals surface area contributed by atoms with Gasteiger partial charge in [-0.3, -0.25) is 0 Å². The van der Waals surface area contributed by atoms with Crippen LogP contribution in [0.3, 0.4) is 0 Å². The van der Waals surface area contributed by atoms with Gasteiger partial charge in [0.15, 0.2) is 16.7 Å². The van der Waals surface area contributed by atoms with Gasteiger partial charge in [0.05, 0.1) is 32.1 Å². The van der Waals surface area contributed by atoms with Gasteiger partial charge in [-0.1, -0.05) is 0 Å². The highest BCUT2D eigenvalue weighted by Gasteiger charge is 2.20. The Hall–Kier alpha value is -1.52. The number of ether oxygens (including phenoxy) is 3. The molecule has 27 heavy (non-hydrogen) atoms. The maximum absolute atomic E-state index is 14.3. The average Bonchev–Trinajstić information content (AvgIpc) is 3.15. The summed E-state index contributed by atoms with van der Waals surface area (Å²) in [7, 11) is 0. The summed E-state index contributed by atoms with van der Waals surface area (Å²) in [6.45, 7) is 3.92. The normalized spacial score (nSPS) is 14.1. The largest absolute Gasteiger partial charge is 0.487 e. The molecular formula is C17H22ClF2N3O3S. The van der Waals surface area contributed by atoms with Gasteiger partial charge in [-0.15, -0.1) is 23.7 Å². The lowest BCUT2D eigenvalue weighted by Gasteiger charge is -2.26. The lowest BCUT2D eigenvalue weighted by molar-refractivity contribution is 0.104. The van der Waals surface area contributed by atoms with E-state index < -0.39 is 11.6 Å². The zero-order valence-corrected chi connectivity index (χ0v) is 16.3. The fraction of sp³-hybridized carbons (Fsp3) is 0.471. The zero-order chi connectivity index (χ0) is 18.4. The van der Waals surface area contributed by atoms with Gasteiger partial charge in [-0.2, -0.15) is 4.39 Å². The fourth-order valence-corrected chi connectivity index (χ4v) is 3.43. The van der Waals surface area contributed by atoms with Gasteiger partial charge in [0.1, 0.15) is 6.61 Å². The lowest BCUT2D eigenvalue weighted by atomic mass is 10.1. The number of morpholine rings is 1. The number of benzene rings is 1. The number of hydrogen-bond acceptors (Lipinski definition) is 7. The van der Waals surface area contributed by atoms with Crippen molar-refractivity contribution in [3.05, 3.63) is 29.1 Å². The first-order valence-electron chi connectivity index (χ1n) is 8.38. The van der Waals surface area contributed by atoms with Crippen molar-refractivity contribution < 1.29 is 23.0 Å². The average molecular weight is 422 g/mol. The van der Waals surface area contributed by atoms with E-state index in [2.05, 4.69) is 9.88 Å². The summed E-state index contributed by atoms with van der Waals surface area (Å²) in [6, 6.07) is 2.56. The van der Waals surface area contributed by atoms with Crippen LogP contribution in [0.5, 0.6) is 5.75 Å². The minimum Gasteiger partial charge on any atom is -0.487 e. The number of nitrogens with two attached hydrogens (primary N) is 1. The Morgan fingerprint density at radius 1 is 1.19 bits per heavy atom. The third kappa shape index (κ3) is 5.49. The van der Waals surface area contributed by atoms with Crippen molar-refractivity contribution in [3.63, 3.8) is 0 Å². The number of thiazole rings is 1. The summed E-state index contributed by atoms with van der Waals surface area (Å²) in [5.74, 6) is -2.14. The van der Waals surface area contributed by atoms with Crippen molar-refractivity contribution in [2.75, 3.05) is 57.6 Å². The van der Waals surface area contributed by atoms with Crippen LogP contribution in [0.15, 0.2) is 17.5 Å². The van der Waals surface area contributed by atoms with E-state index in [4.69, 9.17) is 19.9 Å². The van der Waals surface area contributed by atoms with Crippen LogP contribution in [0.2, 0.25) is 0 Å². The summed E-state index contributed by atoms with van der Waals surface area (Å²) in [6.07, 6.45) is 0. The van der Waals surface area contributed by atoms with Crippen LogP contribution in [0.25, 0.3) is 11.3 Å². The van der Waals surface area contributed by atoms with Gasteiger partial charge < -0.3 is 24.8 Å². The van der Waals surface area contributed by atoms with Gasteiger partial charge in [0.2, 0.25) is 5.82 Å². The number of rotatable bonds is 8. The maximum atomic E-state index is 14.3. The third-order valence-corrected chi connectivity index (χ3v) is 4.74. The second-order valence-electron chi connectivity index (χ2n) is 5.60. The highest BCUT2D eigenvalue weighted by molar-refractivity contribution is 7.14. The van der Waals surface area contributed by atoms with Gasteiger partial charge in [-0.05, 0) is 12.1 Å². The topological polar surface area (TPSA) is 69.8 Å². The molecule has 0 saturated carbocycles. The minimum atomic E-state index is -1.03. The molecule has 6 nitrogen and oxygen atoms in total. The summed E-state index contributed by atoms with van der Waals surface area (Å²) in [5.41, 5.74) is 6.30. The Morgan fingerprint density at radius 3 is 2.70 bits per heavy atom. The molecule has 1 saturated heterocycles. The quantitative estimate of drug-likeness (QED) is 0.661. The molecule has 1 aliphatic heterocycles. The Labute approximate surface area is 166 Å². The van der Waals surface area contributed by atoms with Gasteiger partial charge in [0.25, 0.3) is 0 Å². The highest BCUT2D eigenvalue weighted by atomic mass is 35.5. The monoisotopic (exact) mass is 421 g/mol. The molecule has 0 bridgehead atoms. The van der Waals surface area contributed by atoms with Crippen LogP contribution in [0, 0.1) is 11.6 Å². The third-order valence-electron chi connectivity index (χ3n) is 3.84. The van der Waals surface area contributed by atoms with Crippen molar-refractivity contribution in [1.29, 1.82) is 0 Å². The molecule has 10 heteroatoms. The van der Waals surface area contributed by atoms with E-state index in [1.165, 1.54) is 17.4 Å². The zero-order valence-electron chi connectivity index (χ0n) is 14.7. The van der Waals surface area contributed by atoms with Gasteiger partial charge in [-0.25, -0.2) is 9.37 Å². The van der Waals surface area contributed by atoms with Crippen LogP contribution >= 0.6 is 23.7 Å². The molecule has 0 amide bonds. The van der Waals surface area contributed by atoms with Crippen LogP contribution < -0.4 is 15.4 Å². The first-order chi connectivity index (χ1) is 12.7. The standard InChI is InChI=1S/C17H21F2N3O3S.ClH/c18-13-2-1-12(16(15(13)19)25-10-9-23-6-3-20)14-11-26-17(21-14)22-4-7-24-8-5-22;/h1-2,11H,3-10,20H2;1H. The first-order valence-corrected chi connectivity index (χ1v) is 9.26. The number of hydrogen-bond donors (Lipinski definition) is 1. The molecule has 0 unspecified atom stereocenters. The summed E-state index contributed by atoms with van der Waals surface area (Å²) in [4.78, 5) is 6.68. The van der Waals surface area contributed by atoms with Crippen LogP contribution in [0.4, 0.5) is 13.9 Å². The van der Waals surface area contributed by atoms with Crippen molar-refractivity contribution in [1.82, 2.24) is 4.98 Å². The Bertz CT molecular complexity index is 729. The molecule has 0 spiro atoms. The summed E-state index contributed by atoms with van der Waals surface area (Å²) >= 11 is 1.45. The SMILES string of the molecule is Cl.NCCOCCOc1c(-c2csc(N3CCOCC3)n2)ccc(F)c1F. The molecule has 1 aromatic carbocycles. The molecule has 1 aliphatic rings. The van der Waals surface area contributed by atoms with E-state index in [0.717, 1.165) is 24.3 Å². The Kier molecular flexibility index (Phi) is 8.65. The molecule has 0 radical (unpaired) electrons. The highest BCUT2D eigenvalue weighted by Crippen LogP contribution is 2.36. The van der Waals surface area contributed by atoms with Crippen molar-refractivity contribution in [2.45, 2.75) is 0 Å². The lowest BCUT2D eigenvalue weighted by Crippen LogP contribution is -2.36. The molecule has 3 rings (SSSR count). The van der Waals surface area contributed by atoms with E-state index in [0.29, 0.717) is 37.6 Å². The van der Waals surface area contributed by atoms with Gasteiger partial charge >= 0.3 is 0 Å². The van der Waals surface area contributed by atoms with Crippen LogP contribution in [0.1, 0.15) is 0 Å². The molecule has 1 fully saturated rings. The number of halogens is 3. The molecule has 2 aromatic rings. The molecule has 1 aromatic heterocycles. The molecule has 0 aliphatic carbocycles. The second-order valence-corrected chi connectivity index (χ2v) is 6.44. The molecule has 2 N–H and O–H groups in total. The predicted octanol–water partition coefficient (Wildman–Crippen LogP) is 2.70. The van der Waals surface area contributed by atoms with Crippen molar-refractivity contribution in [2.24, 2.45) is 5.73 Å². The molecule has 2 heterocycles. The van der Waals surface area contributed by atoms with E-state index in [1.54, 1.807) is 0 Å². The van der Waals surface area contributed by atoms with Gasteiger partial charge in [0, 0.05) is 30.6 Å². The Morgan fingerprint density at radius 2 is 1.96 bits per heavy atom. The molecule has 0 atom stereocenters. The van der Waals surface area contributed by atoms with Crippen molar-refractivity contribution >= 4 is 28.9 Å². The van der Waals surface area contributed by atoms with E-state index >= 15 is 0 Å². The van der Waals surface area contributed by atoms with E-state index in [-0.39, 0.29) is 31.4 Å². The molecule has 150 valence electrons. The Balaban J connectivity index is 0.00000261. The first kappa shape index (κ1) is 21.8. The van der Waals surface area contributed by atoms with Crippen LogP contribution in [-0.2, 0) is 9.47 Å². The summed E-state index contributed by atoms with van der Waals surface area (Å²) < 4.78 is 43.9. The van der Waals surface area contributed by atoms with E-state index in [9.17, 15) is 8.78 Å². The van der Waals surface area contributed by atoms with Crippen LogP contribution in [-0.4, -0.2) is 57.7 Å². The smallest absolute Gasteiger partial charge is 0.201 e. The number of anilines is 1. The maximum Gasteiger partial charge on any atom is 0.201 e. The summed E-state index contributed by atoms with van der Waals surface area (Å²) in [5, 5.41) is 2.64. The minimum absolute atomic E-state index is 0.